The number of benzene rings is 1. The lowest BCUT2D eigenvalue weighted by Crippen LogP contribution is -2.05. The molecular formula is C12H7Cl3N2O. The minimum atomic E-state index is -0.108. The fourth-order valence-corrected chi connectivity index (χ4v) is 1.87. The topological polar surface area (TPSA) is 42.9 Å². The molecule has 0 atom stereocenters. The van der Waals surface area contributed by atoms with Gasteiger partial charge in [-0.1, -0.05) is 23.2 Å². The smallest absolute Gasteiger partial charge is 0.222 e. The summed E-state index contributed by atoms with van der Waals surface area (Å²) < 4.78 is 0. The van der Waals surface area contributed by atoms with Crippen molar-refractivity contribution >= 4 is 40.6 Å². The minimum Gasteiger partial charge on any atom is -0.294 e. The molecule has 6 heteroatoms. The zero-order valence-corrected chi connectivity index (χ0v) is 11.3. The van der Waals surface area contributed by atoms with E-state index in [1.54, 1.807) is 18.2 Å². The molecule has 1 heterocycles. The number of nitrogens with zero attached hydrogens (tertiary/aromatic N) is 2. The predicted molar refractivity (Wildman–Crippen MR) is 71.5 cm³/mol. The van der Waals surface area contributed by atoms with Crippen LogP contribution in [0.2, 0.25) is 15.3 Å². The molecule has 0 aliphatic heterocycles. The van der Waals surface area contributed by atoms with Gasteiger partial charge in [0.1, 0.15) is 0 Å². The zero-order valence-electron chi connectivity index (χ0n) is 9.03. The van der Waals surface area contributed by atoms with Crippen molar-refractivity contribution in [2.75, 3.05) is 0 Å². The van der Waals surface area contributed by atoms with E-state index in [9.17, 15) is 4.79 Å². The van der Waals surface area contributed by atoms with E-state index in [0.717, 1.165) is 0 Å². The van der Waals surface area contributed by atoms with E-state index in [4.69, 9.17) is 34.8 Å². The lowest BCUT2D eigenvalue weighted by molar-refractivity contribution is 0.0992. The molecule has 2 rings (SSSR count). The second kappa shape index (κ2) is 5.65. The van der Waals surface area contributed by atoms with Gasteiger partial charge < -0.3 is 0 Å². The van der Waals surface area contributed by atoms with E-state index in [2.05, 4.69) is 9.97 Å². The van der Waals surface area contributed by atoms with Crippen LogP contribution >= 0.6 is 34.8 Å². The van der Waals surface area contributed by atoms with Gasteiger partial charge in [-0.05, 0) is 35.9 Å². The van der Waals surface area contributed by atoms with Crippen LogP contribution in [-0.4, -0.2) is 15.8 Å². The molecule has 0 saturated carbocycles. The molecule has 0 spiro atoms. The lowest BCUT2D eigenvalue weighted by atomic mass is 10.1. The van der Waals surface area contributed by atoms with Crippen LogP contribution in [0.1, 0.15) is 16.1 Å². The summed E-state index contributed by atoms with van der Waals surface area (Å²) in [5.74, 6) is -0.108. The number of aromatic nitrogens is 2. The number of hydrogen-bond acceptors (Lipinski definition) is 3. The van der Waals surface area contributed by atoms with E-state index in [0.29, 0.717) is 21.3 Å². The summed E-state index contributed by atoms with van der Waals surface area (Å²) in [6.45, 7) is 0. The molecule has 0 saturated heterocycles. The third kappa shape index (κ3) is 3.19. The largest absolute Gasteiger partial charge is 0.294 e. The summed E-state index contributed by atoms with van der Waals surface area (Å²) in [4.78, 5) is 19.7. The molecule has 92 valence electrons. The summed E-state index contributed by atoms with van der Waals surface area (Å²) in [5, 5.41) is 0.885. The highest BCUT2D eigenvalue weighted by Crippen LogP contribution is 2.23. The summed E-state index contributed by atoms with van der Waals surface area (Å²) in [5.41, 5.74) is 1.05. The van der Waals surface area contributed by atoms with Crippen LogP contribution in [0.4, 0.5) is 0 Å². The van der Waals surface area contributed by atoms with Crippen molar-refractivity contribution < 1.29 is 4.79 Å². The zero-order chi connectivity index (χ0) is 13.1. The Morgan fingerprint density at radius 3 is 2.56 bits per heavy atom. The molecule has 0 N–H and O–H groups in total. The monoisotopic (exact) mass is 300 g/mol. The highest BCUT2D eigenvalue weighted by Gasteiger charge is 2.10. The van der Waals surface area contributed by atoms with Crippen LogP contribution in [0.25, 0.3) is 0 Å². The first-order valence-electron chi connectivity index (χ1n) is 5.02. The van der Waals surface area contributed by atoms with Crippen LogP contribution in [0, 0.1) is 0 Å². The Labute approximate surface area is 119 Å². The molecule has 1 aromatic carbocycles. The number of carbonyl (C=O) groups is 1. The number of Topliss-reactive ketones (excluding diaryl/α,β-unsaturated/α-hetero) is 1. The maximum atomic E-state index is 12.0. The van der Waals surface area contributed by atoms with Crippen molar-refractivity contribution in [1.82, 2.24) is 9.97 Å². The molecule has 0 aliphatic carbocycles. The lowest BCUT2D eigenvalue weighted by Gasteiger charge is -2.02. The van der Waals surface area contributed by atoms with Gasteiger partial charge in [0.2, 0.25) is 5.28 Å². The number of halogens is 3. The quantitative estimate of drug-likeness (QED) is 0.638. The summed E-state index contributed by atoms with van der Waals surface area (Å²) in [6.07, 6.45) is 1.65. The SMILES string of the molecule is O=C(Cc1ccnc(Cl)n1)c1ccc(Cl)c(Cl)c1. The third-order valence-corrected chi connectivity index (χ3v) is 3.19. The summed E-state index contributed by atoms with van der Waals surface area (Å²) in [6, 6.07) is 6.39. The van der Waals surface area contributed by atoms with Crippen LogP contribution in [0.15, 0.2) is 30.5 Å². The van der Waals surface area contributed by atoms with Crippen LogP contribution in [-0.2, 0) is 6.42 Å². The van der Waals surface area contributed by atoms with Gasteiger partial charge in [-0.2, -0.15) is 0 Å². The standard InChI is InChI=1S/C12H7Cl3N2O/c13-9-2-1-7(5-10(9)14)11(18)6-8-3-4-16-12(15)17-8/h1-5H,6H2. The fourth-order valence-electron chi connectivity index (χ4n) is 1.40. The van der Waals surface area contributed by atoms with Crippen molar-refractivity contribution in [2.24, 2.45) is 0 Å². The van der Waals surface area contributed by atoms with Crippen molar-refractivity contribution in [3.8, 4) is 0 Å². The normalized spacial score (nSPS) is 10.4. The van der Waals surface area contributed by atoms with Gasteiger partial charge in [-0.3, -0.25) is 4.79 Å². The molecule has 0 bridgehead atoms. The second-order valence-corrected chi connectivity index (χ2v) is 4.70. The van der Waals surface area contributed by atoms with Gasteiger partial charge >= 0.3 is 0 Å². The first-order chi connectivity index (χ1) is 8.56. The Balaban J connectivity index is 2.19. The molecule has 2 aromatic rings. The average Bonchev–Trinajstić information content (AvgIpc) is 2.32. The Hall–Kier alpha value is -1.16. The predicted octanol–water partition coefficient (Wildman–Crippen LogP) is 3.86. The molecule has 0 radical (unpaired) electrons. The number of hydrogen-bond donors (Lipinski definition) is 0. The minimum absolute atomic E-state index is 0.108. The number of carbonyl (C=O) groups excluding carboxylic acids is 1. The van der Waals surface area contributed by atoms with Gasteiger partial charge in [0.05, 0.1) is 22.2 Å². The van der Waals surface area contributed by atoms with Gasteiger partial charge in [0, 0.05) is 11.8 Å². The van der Waals surface area contributed by atoms with Crippen molar-refractivity contribution in [2.45, 2.75) is 6.42 Å². The third-order valence-electron chi connectivity index (χ3n) is 2.27. The molecule has 0 fully saturated rings. The van der Waals surface area contributed by atoms with Gasteiger partial charge in [0.25, 0.3) is 0 Å². The maximum Gasteiger partial charge on any atom is 0.222 e. The van der Waals surface area contributed by atoms with E-state index < -0.39 is 0 Å². The van der Waals surface area contributed by atoms with Crippen LogP contribution in [0.3, 0.4) is 0 Å². The van der Waals surface area contributed by atoms with Gasteiger partial charge in [0.15, 0.2) is 5.78 Å². The Morgan fingerprint density at radius 2 is 1.89 bits per heavy atom. The van der Waals surface area contributed by atoms with Crippen LogP contribution in [0.5, 0.6) is 0 Å². The summed E-state index contributed by atoms with van der Waals surface area (Å²) in [7, 11) is 0. The average molecular weight is 302 g/mol. The number of rotatable bonds is 3. The van der Waals surface area contributed by atoms with Gasteiger partial charge in [-0.15, -0.1) is 0 Å². The Bertz CT molecular complexity index is 602. The molecular weight excluding hydrogens is 295 g/mol. The fraction of sp³-hybridized carbons (Fsp3) is 0.0833. The first-order valence-corrected chi connectivity index (χ1v) is 6.15. The maximum absolute atomic E-state index is 12.0. The van der Waals surface area contributed by atoms with Crippen molar-refractivity contribution in [3.63, 3.8) is 0 Å². The molecule has 0 amide bonds. The molecule has 1 aromatic heterocycles. The molecule has 0 unspecified atom stereocenters. The van der Waals surface area contributed by atoms with Gasteiger partial charge in [-0.25, -0.2) is 9.97 Å². The van der Waals surface area contributed by atoms with Crippen molar-refractivity contribution in [1.29, 1.82) is 0 Å². The molecule has 0 aliphatic rings. The van der Waals surface area contributed by atoms with Crippen molar-refractivity contribution in [3.05, 3.63) is 57.0 Å². The Kier molecular flexibility index (Phi) is 4.17. The molecule has 3 nitrogen and oxygen atoms in total. The number of ketones is 1. The highest BCUT2D eigenvalue weighted by molar-refractivity contribution is 6.42. The van der Waals surface area contributed by atoms with Crippen LogP contribution < -0.4 is 0 Å². The van der Waals surface area contributed by atoms with E-state index in [1.807, 2.05) is 0 Å². The first kappa shape index (κ1) is 13.3. The van der Waals surface area contributed by atoms with E-state index >= 15 is 0 Å². The summed E-state index contributed by atoms with van der Waals surface area (Å²) >= 11 is 17.3. The second-order valence-electron chi connectivity index (χ2n) is 3.55. The van der Waals surface area contributed by atoms with E-state index in [1.165, 1.54) is 12.3 Å². The molecule has 18 heavy (non-hydrogen) atoms. The Morgan fingerprint density at radius 1 is 1.11 bits per heavy atom. The highest BCUT2D eigenvalue weighted by atomic mass is 35.5. The van der Waals surface area contributed by atoms with E-state index in [-0.39, 0.29) is 17.5 Å².